The van der Waals surface area contributed by atoms with Crippen LogP contribution in [0.1, 0.15) is 24.2 Å². The van der Waals surface area contributed by atoms with Crippen molar-refractivity contribution in [2.45, 2.75) is 20.0 Å². The van der Waals surface area contributed by atoms with Gasteiger partial charge in [0.15, 0.2) is 0 Å². The van der Waals surface area contributed by atoms with Crippen LogP contribution in [0.25, 0.3) is 10.9 Å². The molecule has 4 N–H and O–H groups in total. The third kappa shape index (κ3) is 2.90. The summed E-state index contributed by atoms with van der Waals surface area (Å²) in [5.74, 6) is -0.453. The van der Waals surface area contributed by atoms with Gasteiger partial charge in [0, 0.05) is 34.0 Å². The van der Waals surface area contributed by atoms with E-state index in [2.05, 4.69) is 10.3 Å². The lowest BCUT2D eigenvalue weighted by atomic mass is 10.0. The number of benzene rings is 2. The van der Waals surface area contributed by atoms with Gasteiger partial charge in [0.1, 0.15) is 11.9 Å². The number of nitrogen functional groups attached to an aromatic ring is 1. The summed E-state index contributed by atoms with van der Waals surface area (Å²) in [5.41, 5.74) is 10.0. The zero-order valence-electron chi connectivity index (χ0n) is 13.4. The number of halogens is 1. The normalized spacial score (nSPS) is 12.1. The highest BCUT2D eigenvalue weighted by Gasteiger charge is 2.16. The molecule has 3 rings (SSSR count). The maximum absolute atomic E-state index is 13.4. The second kappa shape index (κ2) is 6.23. The van der Waals surface area contributed by atoms with Crippen LogP contribution in [0.3, 0.4) is 0 Å². The summed E-state index contributed by atoms with van der Waals surface area (Å²) in [6.45, 7) is 4.22. The summed E-state index contributed by atoms with van der Waals surface area (Å²) in [5, 5.41) is 4.18. The van der Waals surface area contributed by atoms with E-state index in [-0.39, 0.29) is 5.69 Å². The molecule has 5 nitrogen and oxygen atoms in total. The van der Waals surface area contributed by atoms with Crippen LogP contribution in [0.15, 0.2) is 36.5 Å². The number of H-pyrrole nitrogens is 1. The Kier molecular flexibility index (Phi) is 4.12. The Morgan fingerprint density at radius 3 is 2.83 bits per heavy atom. The van der Waals surface area contributed by atoms with Gasteiger partial charge in [-0.3, -0.25) is 4.79 Å². The first kappa shape index (κ1) is 15.9. The van der Waals surface area contributed by atoms with E-state index in [1.807, 2.05) is 25.3 Å². The van der Waals surface area contributed by atoms with Crippen molar-refractivity contribution >= 4 is 34.4 Å². The third-order valence-corrected chi connectivity index (χ3v) is 3.93. The fraction of sp³-hybridized carbons (Fsp3) is 0.167. The van der Waals surface area contributed by atoms with Gasteiger partial charge < -0.3 is 20.8 Å². The number of carbonyl (C=O) groups is 1. The Bertz CT molecular complexity index is 905. The molecule has 0 aliphatic carbocycles. The smallest absolute Gasteiger partial charge is 0.293 e. The molecule has 0 spiro atoms. The molecule has 1 unspecified atom stereocenters. The fourth-order valence-electron chi connectivity index (χ4n) is 2.79. The maximum atomic E-state index is 13.4. The molecule has 0 bridgehead atoms. The van der Waals surface area contributed by atoms with Crippen molar-refractivity contribution in [1.29, 1.82) is 0 Å². The molecule has 1 atom stereocenters. The van der Waals surface area contributed by atoms with Gasteiger partial charge in [-0.05, 0) is 49.7 Å². The molecule has 1 heterocycles. The average molecular weight is 327 g/mol. The van der Waals surface area contributed by atoms with Crippen LogP contribution in [0, 0.1) is 12.7 Å². The fourth-order valence-corrected chi connectivity index (χ4v) is 2.79. The summed E-state index contributed by atoms with van der Waals surface area (Å²) in [4.78, 5) is 13.8. The van der Waals surface area contributed by atoms with Crippen molar-refractivity contribution in [2.75, 3.05) is 11.1 Å². The van der Waals surface area contributed by atoms with Crippen LogP contribution in [-0.4, -0.2) is 11.5 Å². The first-order valence-electron chi connectivity index (χ1n) is 7.52. The number of anilines is 3. The molecule has 0 aliphatic rings. The van der Waals surface area contributed by atoms with Crippen LogP contribution in [0.5, 0.6) is 0 Å². The summed E-state index contributed by atoms with van der Waals surface area (Å²) in [6.07, 6.45) is 1.43. The Hall–Kier alpha value is -3.02. The monoisotopic (exact) mass is 327 g/mol. The van der Waals surface area contributed by atoms with Crippen LogP contribution in [0.4, 0.5) is 21.5 Å². The van der Waals surface area contributed by atoms with Crippen molar-refractivity contribution in [3.63, 3.8) is 0 Å². The number of hydrogen-bond acceptors (Lipinski definition) is 4. The Labute approximate surface area is 138 Å². The molecule has 3 aromatic rings. The van der Waals surface area contributed by atoms with E-state index < -0.39 is 11.9 Å². The lowest BCUT2D eigenvalue weighted by molar-refractivity contribution is -0.133. The van der Waals surface area contributed by atoms with Crippen molar-refractivity contribution in [3.05, 3.63) is 53.5 Å². The topological polar surface area (TPSA) is 80.1 Å². The standard InChI is InChI=1S/C18H18FN3O2/c1-10-5-16-18(13(8-21-16)11(2)24-9-23)17(6-10)22-12-3-4-14(19)15(20)7-12/h3-9,11,21-22H,20H2,1-2H3. The minimum Gasteiger partial charge on any atom is -0.460 e. The molecule has 24 heavy (non-hydrogen) atoms. The lowest BCUT2D eigenvalue weighted by Crippen LogP contribution is -2.00. The molecular weight excluding hydrogens is 309 g/mol. The molecule has 0 amide bonds. The zero-order valence-corrected chi connectivity index (χ0v) is 13.4. The van der Waals surface area contributed by atoms with Gasteiger partial charge in [0.05, 0.1) is 5.69 Å². The molecule has 124 valence electrons. The summed E-state index contributed by atoms with van der Waals surface area (Å²) >= 11 is 0. The van der Waals surface area contributed by atoms with Gasteiger partial charge in [-0.15, -0.1) is 0 Å². The van der Waals surface area contributed by atoms with E-state index in [0.717, 1.165) is 27.7 Å². The van der Waals surface area contributed by atoms with Gasteiger partial charge in [-0.25, -0.2) is 4.39 Å². The van der Waals surface area contributed by atoms with E-state index in [4.69, 9.17) is 10.5 Å². The van der Waals surface area contributed by atoms with Crippen molar-refractivity contribution in [3.8, 4) is 0 Å². The van der Waals surface area contributed by atoms with E-state index in [1.54, 1.807) is 19.1 Å². The molecule has 1 aromatic heterocycles. The first-order chi connectivity index (χ1) is 11.5. The second-order valence-corrected chi connectivity index (χ2v) is 5.71. The van der Waals surface area contributed by atoms with E-state index in [1.165, 1.54) is 6.07 Å². The number of aryl methyl sites for hydroxylation is 1. The predicted molar refractivity (Wildman–Crippen MR) is 92.7 cm³/mol. The SMILES string of the molecule is Cc1cc(Nc2ccc(F)c(N)c2)c2c(C(C)OC=O)c[nH]c2c1. The molecule has 0 fully saturated rings. The number of hydrogen-bond donors (Lipinski definition) is 3. The molecule has 0 aliphatic heterocycles. The Balaban J connectivity index is 2.09. The van der Waals surface area contributed by atoms with Crippen LogP contribution >= 0.6 is 0 Å². The minimum atomic E-state index is -0.453. The third-order valence-electron chi connectivity index (χ3n) is 3.93. The quantitative estimate of drug-likeness (QED) is 0.485. The van der Waals surface area contributed by atoms with Crippen molar-refractivity contribution in [2.24, 2.45) is 0 Å². The molecule has 0 saturated carbocycles. The van der Waals surface area contributed by atoms with Gasteiger partial charge >= 0.3 is 0 Å². The van der Waals surface area contributed by atoms with E-state index in [0.29, 0.717) is 12.2 Å². The molecule has 0 radical (unpaired) electrons. The number of nitrogens with two attached hydrogens (primary N) is 1. The number of aromatic nitrogens is 1. The van der Waals surface area contributed by atoms with Gasteiger partial charge in [-0.1, -0.05) is 0 Å². The largest absolute Gasteiger partial charge is 0.460 e. The first-order valence-corrected chi connectivity index (χ1v) is 7.52. The highest BCUT2D eigenvalue weighted by molar-refractivity contribution is 5.97. The van der Waals surface area contributed by atoms with Gasteiger partial charge in [0.2, 0.25) is 0 Å². The number of rotatable bonds is 5. The predicted octanol–water partition coefficient (Wildman–Crippen LogP) is 4.18. The van der Waals surface area contributed by atoms with E-state index >= 15 is 0 Å². The number of nitrogens with one attached hydrogen (secondary N) is 2. The van der Waals surface area contributed by atoms with Crippen molar-refractivity contribution in [1.82, 2.24) is 4.98 Å². The Morgan fingerprint density at radius 1 is 1.33 bits per heavy atom. The number of ether oxygens (including phenoxy) is 1. The maximum Gasteiger partial charge on any atom is 0.293 e. The molecule has 2 aromatic carbocycles. The lowest BCUT2D eigenvalue weighted by Gasteiger charge is -2.14. The zero-order chi connectivity index (χ0) is 17.3. The molecular formula is C18H18FN3O2. The van der Waals surface area contributed by atoms with Gasteiger partial charge in [0.25, 0.3) is 6.47 Å². The number of fused-ring (bicyclic) bond motifs is 1. The average Bonchev–Trinajstić information content (AvgIpc) is 2.95. The van der Waals surface area contributed by atoms with E-state index in [9.17, 15) is 9.18 Å². The highest BCUT2D eigenvalue weighted by atomic mass is 19.1. The van der Waals surface area contributed by atoms with Gasteiger partial charge in [-0.2, -0.15) is 0 Å². The molecule has 0 saturated heterocycles. The second-order valence-electron chi connectivity index (χ2n) is 5.71. The minimum absolute atomic E-state index is 0.0795. The van der Waals surface area contributed by atoms with Crippen LogP contribution in [-0.2, 0) is 9.53 Å². The Morgan fingerprint density at radius 2 is 2.12 bits per heavy atom. The molecule has 6 heteroatoms. The highest BCUT2D eigenvalue weighted by Crippen LogP contribution is 2.35. The summed E-state index contributed by atoms with van der Waals surface area (Å²) in [7, 11) is 0. The summed E-state index contributed by atoms with van der Waals surface area (Å²) < 4.78 is 18.4. The number of carbonyl (C=O) groups excluding carboxylic acids is 1. The van der Waals surface area contributed by atoms with Crippen LogP contribution < -0.4 is 11.1 Å². The van der Waals surface area contributed by atoms with Crippen LogP contribution in [0.2, 0.25) is 0 Å². The van der Waals surface area contributed by atoms with Crippen molar-refractivity contribution < 1.29 is 13.9 Å². The summed E-state index contributed by atoms with van der Waals surface area (Å²) in [6, 6.07) is 8.48. The number of aromatic amines is 1.